The van der Waals surface area contributed by atoms with E-state index in [1.54, 1.807) is 25.1 Å². The van der Waals surface area contributed by atoms with E-state index < -0.39 is 12.1 Å². The van der Waals surface area contributed by atoms with Crippen molar-refractivity contribution < 1.29 is 28.6 Å². The van der Waals surface area contributed by atoms with Gasteiger partial charge in [0.2, 0.25) is 11.8 Å². The standard InChI is InChI=1S/C19H17BrN2O6/c1-4-26-19(25)28-18-12(8-20)16-14(9-21-18)22(10(2)23)13-6-5-7-15(17(13)16)27-11(3)24/h5-7,9H,4,8H2,1-3H3. The lowest BCUT2D eigenvalue weighted by molar-refractivity contribution is -0.131. The zero-order valence-electron chi connectivity index (χ0n) is 15.4. The first-order valence-corrected chi connectivity index (χ1v) is 9.56. The fourth-order valence-corrected chi connectivity index (χ4v) is 3.60. The van der Waals surface area contributed by atoms with E-state index in [0.717, 1.165) is 0 Å². The van der Waals surface area contributed by atoms with Gasteiger partial charge >= 0.3 is 12.1 Å². The highest BCUT2D eigenvalue weighted by Gasteiger charge is 2.24. The molecule has 28 heavy (non-hydrogen) atoms. The maximum atomic E-state index is 12.3. The topological polar surface area (TPSA) is 96.7 Å². The number of hydrogen-bond donors (Lipinski definition) is 0. The third kappa shape index (κ3) is 3.45. The summed E-state index contributed by atoms with van der Waals surface area (Å²) in [6, 6.07) is 5.07. The molecule has 3 aromatic rings. The van der Waals surface area contributed by atoms with Crippen LogP contribution in [-0.4, -0.2) is 34.2 Å². The van der Waals surface area contributed by atoms with Gasteiger partial charge in [0.15, 0.2) is 0 Å². The van der Waals surface area contributed by atoms with Crippen LogP contribution in [0.25, 0.3) is 21.8 Å². The van der Waals surface area contributed by atoms with Gasteiger partial charge in [0.05, 0.1) is 29.2 Å². The van der Waals surface area contributed by atoms with Crippen LogP contribution >= 0.6 is 15.9 Å². The van der Waals surface area contributed by atoms with Crippen molar-refractivity contribution in [2.75, 3.05) is 6.61 Å². The van der Waals surface area contributed by atoms with Crippen molar-refractivity contribution in [3.05, 3.63) is 30.0 Å². The first-order valence-electron chi connectivity index (χ1n) is 8.43. The van der Waals surface area contributed by atoms with Crippen molar-refractivity contribution in [2.24, 2.45) is 0 Å². The van der Waals surface area contributed by atoms with Crippen molar-refractivity contribution in [3.8, 4) is 11.6 Å². The number of halogens is 1. The molecule has 0 unspecified atom stereocenters. The Bertz CT molecular complexity index is 1100. The lowest BCUT2D eigenvalue weighted by Crippen LogP contribution is -2.12. The molecule has 0 aliphatic heterocycles. The molecule has 0 saturated carbocycles. The van der Waals surface area contributed by atoms with Gasteiger partial charge in [-0.1, -0.05) is 22.0 Å². The Hall–Kier alpha value is -2.94. The van der Waals surface area contributed by atoms with E-state index in [1.807, 2.05) is 0 Å². The number of nitrogens with zero attached hydrogens (tertiary/aromatic N) is 2. The Balaban J connectivity index is 2.40. The number of benzene rings is 1. The molecule has 0 N–H and O–H groups in total. The Morgan fingerprint density at radius 3 is 2.46 bits per heavy atom. The molecule has 1 aromatic carbocycles. The molecule has 0 amide bonds. The van der Waals surface area contributed by atoms with Gasteiger partial charge in [-0.3, -0.25) is 14.2 Å². The molecule has 2 aromatic heterocycles. The predicted octanol–water partition coefficient (Wildman–Crippen LogP) is 4.21. The van der Waals surface area contributed by atoms with Crippen molar-refractivity contribution in [2.45, 2.75) is 26.1 Å². The summed E-state index contributed by atoms with van der Waals surface area (Å²) in [5.74, 6) is -0.386. The van der Waals surface area contributed by atoms with Gasteiger partial charge in [0.25, 0.3) is 0 Å². The van der Waals surface area contributed by atoms with Gasteiger partial charge in [-0.2, -0.15) is 0 Å². The monoisotopic (exact) mass is 448 g/mol. The smallest absolute Gasteiger partial charge is 0.434 e. The van der Waals surface area contributed by atoms with E-state index in [4.69, 9.17) is 14.2 Å². The maximum Gasteiger partial charge on any atom is 0.515 e. The van der Waals surface area contributed by atoms with Gasteiger partial charge in [-0.15, -0.1) is 0 Å². The third-order valence-corrected chi connectivity index (χ3v) is 4.56. The van der Waals surface area contributed by atoms with Crippen LogP contribution in [0.1, 0.15) is 31.1 Å². The molecule has 3 rings (SSSR count). The molecule has 2 heterocycles. The van der Waals surface area contributed by atoms with Gasteiger partial charge in [-0.25, -0.2) is 9.78 Å². The molecule has 8 nitrogen and oxygen atoms in total. The van der Waals surface area contributed by atoms with E-state index in [0.29, 0.717) is 33.1 Å². The van der Waals surface area contributed by atoms with E-state index in [1.165, 1.54) is 24.6 Å². The Kier molecular flexibility index (Phi) is 5.64. The van der Waals surface area contributed by atoms with Crippen LogP contribution in [0.5, 0.6) is 11.6 Å². The van der Waals surface area contributed by atoms with Crippen LogP contribution in [0.2, 0.25) is 0 Å². The molecule has 0 aliphatic carbocycles. The lowest BCUT2D eigenvalue weighted by atomic mass is 10.1. The number of esters is 1. The first-order chi connectivity index (χ1) is 13.4. The van der Waals surface area contributed by atoms with Crippen molar-refractivity contribution in [1.29, 1.82) is 0 Å². The second kappa shape index (κ2) is 7.97. The molecule has 0 saturated heterocycles. The highest BCUT2D eigenvalue weighted by Crippen LogP contribution is 2.40. The SMILES string of the molecule is CCOC(=O)Oc1ncc2c(c1CBr)c1c(OC(C)=O)cccc1n2C(C)=O. The quantitative estimate of drug-likeness (QED) is 0.335. The van der Waals surface area contributed by atoms with Crippen LogP contribution in [-0.2, 0) is 14.9 Å². The van der Waals surface area contributed by atoms with Gasteiger partial charge in [0, 0.05) is 30.1 Å². The maximum absolute atomic E-state index is 12.3. The van der Waals surface area contributed by atoms with Gasteiger partial charge in [0.1, 0.15) is 5.75 Å². The number of rotatable bonds is 4. The van der Waals surface area contributed by atoms with E-state index >= 15 is 0 Å². The number of aromatic nitrogens is 2. The van der Waals surface area contributed by atoms with Crippen LogP contribution in [0.3, 0.4) is 0 Å². The Morgan fingerprint density at radius 1 is 1.11 bits per heavy atom. The van der Waals surface area contributed by atoms with E-state index in [2.05, 4.69) is 20.9 Å². The summed E-state index contributed by atoms with van der Waals surface area (Å²) in [4.78, 5) is 39.9. The van der Waals surface area contributed by atoms with Crippen molar-refractivity contribution in [1.82, 2.24) is 9.55 Å². The second-order valence-corrected chi connectivity index (χ2v) is 6.38. The second-order valence-electron chi connectivity index (χ2n) is 5.82. The van der Waals surface area contributed by atoms with Crippen LogP contribution in [0.4, 0.5) is 4.79 Å². The number of pyridine rings is 1. The van der Waals surface area contributed by atoms with Crippen molar-refractivity contribution in [3.63, 3.8) is 0 Å². The summed E-state index contributed by atoms with van der Waals surface area (Å²) < 4.78 is 16.9. The first kappa shape index (κ1) is 19.8. The highest BCUT2D eigenvalue weighted by atomic mass is 79.9. The molecule has 0 radical (unpaired) electrons. The van der Waals surface area contributed by atoms with Crippen LogP contribution in [0.15, 0.2) is 24.4 Å². The molecule has 9 heteroatoms. The summed E-state index contributed by atoms with van der Waals surface area (Å²) >= 11 is 3.39. The molecule has 0 fully saturated rings. The summed E-state index contributed by atoms with van der Waals surface area (Å²) in [6.45, 7) is 4.54. The van der Waals surface area contributed by atoms with Crippen LogP contribution in [0, 0.1) is 0 Å². The number of hydrogen-bond acceptors (Lipinski definition) is 7. The average Bonchev–Trinajstić information content (AvgIpc) is 2.97. The zero-order chi connectivity index (χ0) is 20.4. The Labute approximate surface area is 168 Å². The number of ether oxygens (including phenoxy) is 3. The summed E-state index contributed by atoms with van der Waals surface area (Å²) in [6.07, 6.45) is 0.557. The lowest BCUT2D eigenvalue weighted by Gasteiger charge is -2.09. The average molecular weight is 449 g/mol. The number of alkyl halides is 1. The minimum absolute atomic E-state index is 0.0445. The third-order valence-electron chi connectivity index (χ3n) is 4.00. The number of carbonyl (C=O) groups is 3. The minimum Gasteiger partial charge on any atom is -0.434 e. The fourth-order valence-electron chi connectivity index (χ4n) is 3.08. The molecule has 0 spiro atoms. The molecule has 0 aliphatic rings. The zero-order valence-corrected chi connectivity index (χ0v) is 17.0. The molecular weight excluding hydrogens is 432 g/mol. The van der Waals surface area contributed by atoms with Crippen molar-refractivity contribution >= 4 is 55.8 Å². The highest BCUT2D eigenvalue weighted by molar-refractivity contribution is 9.08. The van der Waals surface area contributed by atoms with Gasteiger partial charge < -0.3 is 14.2 Å². The van der Waals surface area contributed by atoms with Crippen LogP contribution < -0.4 is 9.47 Å². The number of fused-ring (bicyclic) bond motifs is 3. The summed E-state index contributed by atoms with van der Waals surface area (Å²) in [7, 11) is 0. The normalized spacial score (nSPS) is 10.9. The fraction of sp³-hybridized carbons (Fsp3) is 0.263. The largest absolute Gasteiger partial charge is 0.515 e. The predicted molar refractivity (Wildman–Crippen MR) is 105 cm³/mol. The molecule has 146 valence electrons. The van der Waals surface area contributed by atoms with E-state index in [9.17, 15) is 14.4 Å². The van der Waals surface area contributed by atoms with Gasteiger partial charge in [-0.05, 0) is 19.1 Å². The summed E-state index contributed by atoms with van der Waals surface area (Å²) in [5.41, 5.74) is 1.58. The minimum atomic E-state index is -0.882. The molecule has 0 atom stereocenters. The Morgan fingerprint density at radius 2 is 1.86 bits per heavy atom. The van der Waals surface area contributed by atoms with E-state index in [-0.39, 0.29) is 23.7 Å². The molecule has 0 bridgehead atoms. The number of carbonyl (C=O) groups excluding carboxylic acids is 3. The summed E-state index contributed by atoms with van der Waals surface area (Å²) in [5, 5.41) is 1.42. The molecular formula is C19H17BrN2O6.